The second-order valence-electron chi connectivity index (χ2n) is 5.53. The fourth-order valence-corrected chi connectivity index (χ4v) is 3.48. The quantitative estimate of drug-likeness (QED) is 0.841. The van der Waals surface area contributed by atoms with Crippen LogP contribution in [0.5, 0.6) is 0 Å². The number of nitrogens with two attached hydrogens (primary N) is 1. The Balaban J connectivity index is 2.03. The van der Waals surface area contributed by atoms with Crippen LogP contribution in [0.1, 0.15) is 30.0 Å². The average Bonchev–Trinajstić information content (AvgIpc) is 2.80. The number of carbonyl (C=O) groups excluding carboxylic acids is 2. The van der Waals surface area contributed by atoms with Gasteiger partial charge < -0.3 is 15.5 Å². The second-order valence-corrected chi connectivity index (χ2v) is 5.53. The van der Waals surface area contributed by atoms with Gasteiger partial charge in [-0.1, -0.05) is 24.3 Å². The number of aryl methyl sites for hydroxylation is 1. The van der Waals surface area contributed by atoms with Crippen molar-refractivity contribution in [1.82, 2.24) is 9.80 Å². The van der Waals surface area contributed by atoms with Crippen LogP contribution in [-0.2, 0) is 4.79 Å². The number of piperazine rings is 1. The molecule has 0 spiro atoms. The van der Waals surface area contributed by atoms with Crippen molar-refractivity contribution in [3.63, 3.8) is 0 Å². The monoisotopic (exact) mass is 273 g/mol. The molecule has 2 atom stereocenters. The van der Waals surface area contributed by atoms with Crippen LogP contribution in [0.4, 0.5) is 4.79 Å². The van der Waals surface area contributed by atoms with Crippen LogP contribution >= 0.6 is 0 Å². The van der Waals surface area contributed by atoms with E-state index < -0.39 is 6.03 Å². The Hall–Kier alpha value is -2.04. The van der Waals surface area contributed by atoms with E-state index in [1.807, 2.05) is 36.1 Å². The van der Waals surface area contributed by atoms with Gasteiger partial charge in [0.15, 0.2) is 0 Å². The summed E-state index contributed by atoms with van der Waals surface area (Å²) in [6.07, 6.45) is 1.36. The maximum Gasteiger partial charge on any atom is 0.315 e. The number of benzene rings is 1. The van der Waals surface area contributed by atoms with Gasteiger partial charge in [-0.25, -0.2) is 4.79 Å². The Morgan fingerprint density at radius 1 is 1.30 bits per heavy atom. The minimum Gasteiger partial charge on any atom is -0.351 e. The standard InChI is InChI=1S/C15H19N3O2/c1-10-4-2-3-5-11(10)14-12-6-7-13(19)17(12)8-9-18(14)15(16)20/h2-5,12,14H,6-9H2,1H3,(H2,16,20). The van der Waals surface area contributed by atoms with E-state index in [4.69, 9.17) is 5.73 Å². The highest BCUT2D eigenvalue weighted by atomic mass is 16.2. The third-order valence-electron chi connectivity index (χ3n) is 4.45. The fraction of sp³-hybridized carbons (Fsp3) is 0.467. The van der Waals surface area contributed by atoms with Gasteiger partial charge >= 0.3 is 6.03 Å². The minimum atomic E-state index is -0.405. The van der Waals surface area contributed by atoms with Gasteiger partial charge in [-0.3, -0.25) is 4.79 Å². The first kappa shape index (κ1) is 13.0. The third kappa shape index (κ3) is 1.94. The first-order chi connectivity index (χ1) is 9.59. The first-order valence-corrected chi connectivity index (χ1v) is 7.00. The molecule has 2 aliphatic heterocycles. The molecule has 2 saturated heterocycles. The van der Waals surface area contributed by atoms with Gasteiger partial charge in [-0.2, -0.15) is 0 Å². The number of fused-ring (bicyclic) bond motifs is 1. The lowest BCUT2D eigenvalue weighted by atomic mass is 9.91. The molecular weight excluding hydrogens is 254 g/mol. The number of hydrogen-bond donors (Lipinski definition) is 1. The molecule has 3 amide bonds. The van der Waals surface area contributed by atoms with Crippen molar-refractivity contribution in [2.24, 2.45) is 5.73 Å². The third-order valence-corrected chi connectivity index (χ3v) is 4.45. The summed E-state index contributed by atoms with van der Waals surface area (Å²) >= 11 is 0. The molecule has 0 bridgehead atoms. The number of amides is 3. The van der Waals surface area contributed by atoms with Crippen molar-refractivity contribution in [3.8, 4) is 0 Å². The summed E-state index contributed by atoms with van der Waals surface area (Å²) in [5, 5.41) is 0. The molecule has 3 rings (SSSR count). The molecule has 1 aromatic carbocycles. The summed E-state index contributed by atoms with van der Waals surface area (Å²) in [6, 6.07) is 7.55. The van der Waals surface area contributed by atoms with E-state index in [0.717, 1.165) is 17.5 Å². The van der Waals surface area contributed by atoms with Gasteiger partial charge in [0.25, 0.3) is 0 Å². The maximum atomic E-state index is 11.9. The second kappa shape index (κ2) is 4.81. The Morgan fingerprint density at radius 3 is 2.75 bits per heavy atom. The number of nitrogens with zero attached hydrogens (tertiary/aromatic N) is 2. The number of primary amides is 1. The van der Waals surface area contributed by atoms with Gasteiger partial charge in [0, 0.05) is 19.5 Å². The van der Waals surface area contributed by atoms with Gasteiger partial charge in [0.05, 0.1) is 12.1 Å². The minimum absolute atomic E-state index is 0.0600. The van der Waals surface area contributed by atoms with Crippen LogP contribution in [0.3, 0.4) is 0 Å². The van der Waals surface area contributed by atoms with Crippen molar-refractivity contribution in [3.05, 3.63) is 35.4 Å². The van der Waals surface area contributed by atoms with E-state index in [9.17, 15) is 9.59 Å². The molecule has 106 valence electrons. The topological polar surface area (TPSA) is 66.6 Å². The summed E-state index contributed by atoms with van der Waals surface area (Å²) in [5.41, 5.74) is 7.77. The zero-order valence-corrected chi connectivity index (χ0v) is 11.6. The summed E-state index contributed by atoms with van der Waals surface area (Å²) in [6.45, 7) is 3.13. The Morgan fingerprint density at radius 2 is 2.05 bits per heavy atom. The van der Waals surface area contributed by atoms with Crippen LogP contribution in [0, 0.1) is 6.92 Å². The fourth-order valence-electron chi connectivity index (χ4n) is 3.48. The van der Waals surface area contributed by atoms with E-state index in [1.54, 1.807) is 4.90 Å². The summed E-state index contributed by atoms with van der Waals surface area (Å²) < 4.78 is 0. The summed E-state index contributed by atoms with van der Waals surface area (Å²) in [4.78, 5) is 27.3. The highest BCUT2D eigenvalue weighted by molar-refractivity contribution is 5.80. The van der Waals surface area contributed by atoms with Crippen LogP contribution in [-0.4, -0.2) is 40.9 Å². The predicted octanol–water partition coefficient (Wildman–Crippen LogP) is 1.42. The first-order valence-electron chi connectivity index (χ1n) is 7.00. The van der Waals surface area contributed by atoms with Gasteiger partial charge in [0.1, 0.15) is 0 Å². The molecule has 20 heavy (non-hydrogen) atoms. The molecule has 0 aromatic heterocycles. The van der Waals surface area contributed by atoms with Crippen molar-refractivity contribution < 1.29 is 9.59 Å². The highest BCUT2D eigenvalue weighted by Gasteiger charge is 2.44. The van der Waals surface area contributed by atoms with Crippen LogP contribution in [0.2, 0.25) is 0 Å². The number of hydrogen-bond acceptors (Lipinski definition) is 2. The average molecular weight is 273 g/mol. The number of carbonyl (C=O) groups is 2. The van der Waals surface area contributed by atoms with E-state index in [0.29, 0.717) is 19.5 Å². The lowest BCUT2D eigenvalue weighted by Gasteiger charge is -2.44. The molecule has 5 heteroatoms. The lowest BCUT2D eigenvalue weighted by molar-refractivity contribution is -0.131. The molecule has 5 nitrogen and oxygen atoms in total. The van der Waals surface area contributed by atoms with E-state index in [2.05, 4.69) is 0 Å². The van der Waals surface area contributed by atoms with Crippen molar-refractivity contribution in [2.45, 2.75) is 31.8 Å². The zero-order chi connectivity index (χ0) is 14.3. The normalized spacial score (nSPS) is 25.8. The zero-order valence-electron chi connectivity index (χ0n) is 11.6. The molecule has 2 unspecified atom stereocenters. The van der Waals surface area contributed by atoms with Crippen molar-refractivity contribution >= 4 is 11.9 Å². The smallest absolute Gasteiger partial charge is 0.315 e. The van der Waals surface area contributed by atoms with Crippen LogP contribution in [0.25, 0.3) is 0 Å². The molecule has 2 N–H and O–H groups in total. The number of urea groups is 1. The number of rotatable bonds is 1. The van der Waals surface area contributed by atoms with Crippen LogP contribution < -0.4 is 5.73 Å². The van der Waals surface area contributed by atoms with Gasteiger partial charge in [-0.05, 0) is 24.5 Å². The maximum absolute atomic E-state index is 11.9. The van der Waals surface area contributed by atoms with E-state index >= 15 is 0 Å². The Labute approximate surface area is 118 Å². The molecule has 2 fully saturated rings. The van der Waals surface area contributed by atoms with Crippen molar-refractivity contribution in [2.75, 3.05) is 13.1 Å². The van der Waals surface area contributed by atoms with E-state index in [1.165, 1.54) is 0 Å². The highest BCUT2D eigenvalue weighted by Crippen LogP contribution is 2.38. The molecule has 2 aliphatic rings. The SMILES string of the molecule is Cc1ccccc1C1C2CCC(=O)N2CCN1C(N)=O. The Bertz CT molecular complexity index is 558. The molecular formula is C15H19N3O2. The van der Waals surface area contributed by atoms with E-state index in [-0.39, 0.29) is 18.0 Å². The molecule has 2 heterocycles. The molecule has 0 saturated carbocycles. The summed E-state index contributed by atoms with van der Waals surface area (Å²) in [5.74, 6) is 0.192. The van der Waals surface area contributed by atoms with Crippen LogP contribution in [0.15, 0.2) is 24.3 Å². The Kier molecular flexibility index (Phi) is 3.12. The molecule has 0 aliphatic carbocycles. The molecule has 0 radical (unpaired) electrons. The van der Waals surface area contributed by atoms with Gasteiger partial charge in [0.2, 0.25) is 5.91 Å². The lowest BCUT2D eigenvalue weighted by Crippen LogP contribution is -2.56. The molecule has 1 aromatic rings. The van der Waals surface area contributed by atoms with Gasteiger partial charge in [-0.15, -0.1) is 0 Å². The summed E-state index contributed by atoms with van der Waals surface area (Å²) in [7, 11) is 0. The van der Waals surface area contributed by atoms with Crippen molar-refractivity contribution in [1.29, 1.82) is 0 Å². The predicted molar refractivity (Wildman–Crippen MR) is 74.9 cm³/mol. The largest absolute Gasteiger partial charge is 0.351 e.